The lowest BCUT2D eigenvalue weighted by Crippen LogP contribution is -2.58. The Morgan fingerprint density at radius 3 is 2.56 bits per heavy atom. The fraction of sp³-hybridized carbons (Fsp3) is 0.300. The monoisotopic (exact) mass is 374 g/mol. The summed E-state index contributed by atoms with van der Waals surface area (Å²) in [5, 5.41) is 12.9. The number of halogens is 2. The smallest absolute Gasteiger partial charge is 0.224 e. The molecule has 3 rings (SSSR count). The van der Waals surface area contributed by atoms with Crippen molar-refractivity contribution in [2.75, 3.05) is 0 Å². The summed E-state index contributed by atoms with van der Waals surface area (Å²) in [4.78, 5) is 25.1. The standard InChI is InChI=1S/C20H20F2N2O3/c1-11(24-18(26)8-12-6-14(21)10-15(22)7-12)19(27)20(23)16-5-3-2-4-13(16)9-17(20)25/h2-7,10-11,17,25H,8-9,23H2,1H3,(H,24,26)/t11-,17?,20?/m0/s1. The van der Waals surface area contributed by atoms with E-state index in [1.54, 1.807) is 24.3 Å². The first kappa shape index (κ1) is 19.1. The molecule has 5 nitrogen and oxygen atoms in total. The molecule has 2 aromatic carbocycles. The Hall–Kier alpha value is -2.64. The lowest BCUT2D eigenvalue weighted by atomic mass is 9.83. The summed E-state index contributed by atoms with van der Waals surface area (Å²) in [6, 6.07) is 8.84. The van der Waals surface area contributed by atoms with E-state index in [4.69, 9.17) is 5.73 Å². The van der Waals surface area contributed by atoms with Gasteiger partial charge in [-0.05, 0) is 35.7 Å². The molecule has 0 spiro atoms. The van der Waals surface area contributed by atoms with Gasteiger partial charge in [-0.1, -0.05) is 24.3 Å². The molecule has 0 bridgehead atoms. The van der Waals surface area contributed by atoms with E-state index in [1.807, 2.05) is 0 Å². The normalized spacial score (nSPS) is 22.2. The number of nitrogens with two attached hydrogens (primary N) is 1. The van der Waals surface area contributed by atoms with Gasteiger partial charge < -0.3 is 16.2 Å². The highest BCUT2D eigenvalue weighted by molar-refractivity contribution is 5.97. The first-order valence-electron chi connectivity index (χ1n) is 8.55. The molecule has 1 aliphatic carbocycles. The molecule has 2 aromatic rings. The highest BCUT2D eigenvalue weighted by atomic mass is 19.1. The van der Waals surface area contributed by atoms with Crippen molar-refractivity contribution in [3.05, 3.63) is 70.8 Å². The second kappa shape index (κ2) is 7.17. The lowest BCUT2D eigenvalue weighted by Gasteiger charge is -2.30. The van der Waals surface area contributed by atoms with E-state index in [0.717, 1.165) is 17.7 Å². The molecule has 7 heteroatoms. The predicted octanol–water partition coefficient (Wildman–Crippen LogP) is 1.35. The molecule has 0 fully saturated rings. The van der Waals surface area contributed by atoms with Gasteiger partial charge in [0.1, 0.15) is 17.2 Å². The first-order chi connectivity index (χ1) is 12.7. The summed E-state index contributed by atoms with van der Waals surface area (Å²) in [5.74, 6) is -2.68. The van der Waals surface area contributed by atoms with Crippen LogP contribution in [0.1, 0.15) is 23.6 Å². The fourth-order valence-corrected chi connectivity index (χ4v) is 3.56. The molecular formula is C20H20F2N2O3. The number of hydrogen-bond acceptors (Lipinski definition) is 4. The van der Waals surface area contributed by atoms with E-state index in [9.17, 15) is 23.5 Å². The van der Waals surface area contributed by atoms with Gasteiger partial charge in [0.25, 0.3) is 0 Å². The van der Waals surface area contributed by atoms with E-state index >= 15 is 0 Å². The van der Waals surface area contributed by atoms with Crippen molar-refractivity contribution in [3.8, 4) is 0 Å². The first-order valence-corrected chi connectivity index (χ1v) is 8.55. The third-order valence-electron chi connectivity index (χ3n) is 4.87. The van der Waals surface area contributed by atoms with Crippen LogP contribution in [0.2, 0.25) is 0 Å². The molecule has 4 N–H and O–H groups in total. The number of aliphatic hydroxyl groups excluding tert-OH is 1. The Balaban J connectivity index is 1.73. The Morgan fingerprint density at radius 2 is 1.89 bits per heavy atom. The molecule has 1 aliphatic rings. The molecule has 27 heavy (non-hydrogen) atoms. The number of rotatable bonds is 5. The third kappa shape index (κ3) is 3.61. The molecule has 0 aromatic heterocycles. The highest BCUT2D eigenvalue weighted by Crippen LogP contribution is 2.36. The maximum atomic E-state index is 13.2. The zero-order valence-electron chi connectivity index (χ0n) is 14.7. The zero-order chi connectivity index (χ0) is 19.8. The summed E-state index contributed by atoms with van der Waals surface area (Å²) >= 11 is 0. The zero-order valence-corrected chi connectivity index (χ0v) is 14.7. The predicted molar refractivity (Wildman–Crippen MR) is 94.7 cm³/mol. The van der Waals surface area contributed by atoms with Gasteiger partial charge in [0.2, 0.25) is 5.91 Å². The largest absolute Gasteiger partial charge is 0.390 e. The number of nitrogens with one attached hydrogen (secondary N) is 1. The number of carbonyl (C=O) groups excluding carboxylic acids is 2. The lowest BCUT2D eigenvalue weighted by molar-refractivity contribution is -0.133. The highest BCUT2D eigenvalue weighted by Gasteiger charge is 2.50. The fourth-order valence-electron chi connectivity index (χ4n) is 3.56. The van der Waals surface area contributed by atoms with Crippen LogP contribution in [0.25, 0.3) is 0 Å². The Morgan fingerprint density at radius 1 is 1.26 bits per heavy atom. The molecular weight excluding hydrogens is 354 g/mol. The van der Waals surface area contributed by atoms with Crippen LogP contribution in [0, 0.1) is 11.6 Å². The van der Waals surface area contributed by atoms with Crippen LogP contribution in [0.15, 0.2) is 42.5 Å². The van der Waals surface area contributed by atoms with Crippen LogP contribution in [0.4, 0.5) is 8.78 Å². The third-order valence-corrected chi connectivity index (χ3v) is 4.87. The van der Waals surface area contributed by atoms with E-state index in [-0.39, 0.29) is 18.4 Å². The molecule has 0 heterocycles. The van der Waals surface area contributed by atoms with Crippen LogP contribution in [0.5, 0.6) is 0 Å². The minimum absolute atomic E-state index is 0.151. The Labute approximate surface area is 155 Å². The Kier molecular flexibility index (Phi) is 5.08. The van der Waals surface area contributed by atoms with Crippen LogP contribution < -0.4 is 11.1 Å². The van der Waals surface area contributed by atoms with E-state index < -0.39 is 41.0 Å². The van der Waals surface area contributed by atoms with Gasteiger partial charge in [-0.2, -0.15) is 0 Å². The van der Waals surface area contributed by atoms with Gasteiger partial charge in [0.15, 0.2) is 5.78 Å². The van der Waals surface area contributed by atoms with Crippen molar-refractivity contribution < 1.29 is 23.5 Å². The molecule has 142 valence electrons. The summed E-state index contributed by atoms with van der Waals surface area (Å²) < 4.78 is 26.5. The Bertz CT molecular complexity index is 882. The molecule has 0 saturated carbocycles. The van der Waals surface area contributed by atoms with Crippen molar-refractivity contribution in [1.82, 2.24) is 5.32 Å². The summed E-state index contributed by atoms with van der Waals surface area (Å²) in [6.07, 6.45) is -1.14. The molecule has 0 saturated heterocycles. The van der Waals surface area contributed by atoms with Crippen molar-refractivity contribution in [2.24, 2.45) is 5.73 Å². The van der Waals surface area contributed by atoms with Crippen LogP contribution in [-0.2, 0) is 28.0 Å². The molecule has 3 atom stereocenters. The van der Waals surface area contributed by atoms with Gasteiger partial charge in [0, 0.05) is 12.5 Å². The molecule has 0 aliphatic heterocycles. The van der Waals surface area contributed by atoms with E-state index in [2.05, 4.69) is 5.32 Å². The second-order valence-electron chi connectivity index (χ2n) is 6.85. The van der Waals surface area contributed by atoms with Crippen LogP contribution in [0.3, 0.4) is 0 Å². The van der Waals surface area contributed by atoms with E-state index in [1.165, 1.54) is 6.92 Å². The number of amides is 1. The number of ketones is 1. The average molecular weight is 374 g/mol. The molecule has 1 amide bonds. The SMILES string of the molecule is C[C@H](NC(=O)Cc1cc(F)cc(F)c1)C(=O)C1(N)c2ccccc2CC1O. The minimum Gasteiger partial charge on any atom is -0.390 e. The number of Topliss-reactive ketones (excluding diaryl/α,β-unsaturated/α-hetero) is 1. The number of aliphatic hydroxyl groups is 1. The van der Waals surface area contributed by atoms with Gasteiger partial charge in [-0.3, -0.25) is 9.59 Å². The quantitative estimate of drug-likeness (QED) is 0.737. The summed E-state index contributed by atoms with van der Waals surface area (Å²) in [5.41, 5.74) is 6.14. The van der Waals surface area contributed by atoms with E-state index in [0.29, 0.717) is 11.6 Å². The average Bonchev–Trinajstić information content (AvgIpc) is 2.85. The second-order valence-corrected chi connectivity index (χ2v) is 6.85. The summed E-state index contributed by atoms with van der Waals surface area (Å²) in [6.45, 7) is 1.47. The van der Waals surface area contributed by atoms with Crippen molar-refractivity contribution in [2.45, 2.75) is 37.5 Å². The molecule has 2 unspecified atom stereocenters. The molecule has 0 radical (unpaired) electrons. The van der Waals surface area contributed by atoms with Crippen LogP contribution in [-0.4, -0.2) is 28.9 Å². The van der Waals surface area contributed by atoms with Gasteiger partial charge in [0.05, 0.1) is 18.6 Å². The number of benzene rings is 2. The van der Waals surface area contributed by atoms with Gasteiger partial charge >= 0.3 is 0 Å². The minimum atomic E-state index is -1.62. The van der Waals surface area contributed by atoms with Gasteiger partial charge in [-0.25, -0.2) is 8.78 Å². The van der Waals surface area contributed by atoms with Crippen molar-refractivity contribution in [1.29, 1.82) is 0 Å². The summed E-state index contributed by atoms with van der Waals surface area (Å²) in [7, 11) is 0. The topological polar surface area (TPSA) is 92.4 Å². The van der Waals surface area contributed by atoms with Crippen LogP contribution >= 0.6 is 0 Å². The maximum Gasteiger partial charge on any atom is 0.224 e. The van der Waals surface area contributed by atoms with Gasteiger partial charge in [-0.15, -0.1) is 0 Å². The van der Waals surface area contributed by atoms with Crippen molar-refractivity contribution >= 4 is 11.7 Å². The number of fused-ring (bicyclic) bond motifs is 1. The number of hydrogen-bond donors (Lipinski definition) is 3. The van der Waals surface area contributed by atoms with Crippen molar-refractivity contribution in [3.63, 3.8) is 0 Å². The number of carbonyl (C=O) groups is 2. The maximum absolute atomic E-state index is 13.2.